The molecule has 150 valence electrons. The Morgan fingerprint density at radius 2 is 1.61 bits per heavy atom. The minimum Gasteiger partial charge on any atom is -0.346 e. The molecular formula is C18H20Cl2N4O2S2. The van der Waals surface area contributed by atoms with Gasteiger partial charge in [0, 0.05) is 54.0 Å². The van der Waals surface area contributed by atoms with E-state index in [-0.39, 0.29) is 4.90 Å². The zero-order valence-electron chi connectivity index (χ0n) is 14.9. The largest absolute Gasteiger partial charge is 0.346 e. The van der Waals surface area contributed by atoms with E-state index in [1.807, 2.05) is 18.2 Å². The molecule has 3 rings (SSSR count). The Hall–Kier alpha value is -1.42. The van der Waals surface area contributed by atoms with Gasteiger partial charge in [-0.25, -0.2) is 13.6 Å². The van der Waals surface area contributed by atoms with Gasteiger partial charge in [-0.15, -0.1) is 0 Å². The molecule has 2 aromatic carbocycles. The summed E-state index contributed by atoms with van der Waals surface area (Å²) in [6.07, 6.45) is 0. The standard InChI is InChI=1S/C18H20Cl2N4O2S2/c19-16-2-1-3-17(20)15(16)12-23-8-10-24(11-9-23)18(27)22-13-4-6-14(7-5-13)28(21,25)26/h1-7H,8-12H2,(H,22,27)(H2,21,25,26). The van der Waals surface area contributed by atoms with Gasteiger partial charge >= 0.3 is 0 Å². The number of anilines is 1. The highest BCUT2D eigenvalue weighted by Gasteiger charge is 2.20. The summed E-state index contributed by atoms with van der Waals surface area (Å²) in [6, 6.07) is 11.7. The quantitative estimate of drug-likeness (QED) is 0.684. The Labute approximate surface area is 180 Å². The number of benzene rings is 2. The topological polar surface area (TPSA) is 78.7 Å². The summed E-state index contributed by atoms with van der Waals surface area (Å²) in [4.78, 5) is 4.43. The Balaban J connectivity index is 1.54. The maximum absolute atomic E-state index is 11.3. The first kappa shape index (κ1) is 21.3. The number of piperazine rings is 1. The molecule has 1 fully saturated rings. The summed E-state index contributed by atoms with van der Waals surface area (Å²) in [6.45, 7) is 3.88. The van der Waals surface area contributed by atoms with Crippen molar-refractivity contribution in [2.75, 3.05) is 31.5 Å². The monoisotopic (exact) mass is 458 g/mol. The second kappa shape index (κ2) is 8.94. The molecule has 0 aliphatic carbocycles. The molecule has 1 aliphatic heterocycles. The van der Waals surface area contributed by atoms with Crippen molar-refractivity contribution in [2.24, 2.45) is 5.14 Å². The summed E-state index contributed by atoms with van der Waals surface area (Å²) in [5, 5.41) is 10.2. The molecule has 0 spiro atoms. The van der Waals surface area contributed by atoms with Crippen molar-refractivity contribution in [1.29, 1.82) is 0 Å². The van der Waals surface area contributed by atoms with Crippen LogP contribution in [0.25, 0.3) is 0 Å². The van der Waals surface area contributed by atoms with Crippen molar-refractivity contribution in [2.45, 2.75) is 11.4 Å². The van der Waals surface area contributed by atoms with E-state index in [1.54, 1.807) is 12.1 Å². The summed E-state index contributed by atoms with van der Waals surface area (Å²) >= 11 is 18.0. The molecule has 0 unspecified atom stereocenters. The van der Waals surface area contributed by atoms with Crippen LogP contribution in [0.2, 0.25) is 10.0 Å². The van der Waals surface area contributed by atoms with E-state index in [1.165, 1.54) is 12.1 Å². The number of nitrogens with zero attached hydrogens (tertiary/aromatic N) is 2. The van der Waals surface area contributed by atoms with Gasteiger partial charge in [0.1, 0.15) is 0 Å². The fraction of sp³-hybridized carbons (Fsp3) is 0.278. The summed E-state index contributed by atoms with van der Waals surface area (Å²) < 4.78 is 22.6. The first-order valence-corrected chi connectivity index (χ1v) is 11.3. The highest BCUT2D eigenvalue weighted by atomic mass is 35.5. The first-order valence-electron chi connectivity index (χ1n) is 8.58. The maximum atomic E-state index is 11.3. The van der Waals surface area contributed by atoms with Gasteiger partial charge < -0.3 is 10.2 Å². The van der Waals surface area contributed by atoms with E-state index in [9.17, 15) is 8.42 Å². The molecule has 0 atom stereocenters. The maximum Gasteiger partial charge on any atom is 0.238 e. The number of hydrogen-bond donors (Lipinski definition) is 2. The van der Waals surface area contributed by atoms with Crippen LogP contribution in [0, 0.1) is 0 Å². The van der Waals surface area contributed by atoms with Crippen LogP contribution in [-0.4, -0.2) is 49.5 Å². The van der Waals surface area contributed by atoms with Gasteiger partial charge in [-0.2, -0.15) is 0 Å². The van der Waals surface area contributed by atoms with Crippen LogP contribution in [0.1, 0.15) is 5.56 Å². The van der Waals surface area contributed by atoms with Gasteiger partial charge in [0.05, 0.1) is 4.90 Å². The third kappa shape index (κ3) is 5.34. The number of primary sulfonamides is 1. The molecular weight excluding hydrogens is 439 g/mol. The average Bonchev–Trinajstić information content (AvgIpc) is 2.65. The summed E-state index contributed by atoms with van der Waals surface area (Å²) in [7, 11) is -3.70. The van der Waals surface area contributed by atoms with Crippen LogP contribution < -0.4 is 10.5 Å². The van der Waals surface area contributed by atoms with Gasteiger partial charge in [0.25, 0.3) is 0 Å². The Morgan fingerprint density at radius 1 is 1.04 bits per heavy atom. The lowest BCUT2D eigenvalue weighted by Gasteiger charge is -2.36. The lowest BCUT2D eigenvalue weighted by molar-refractivity contribution is 0.177. The third-order valence-electron chi connectivity index (χ3n) is 4.54. The smallest absolute Gasteiger partial charge is 0.238 e. The molecule has 28 heavy (non-hydrogen) atoms. The SMILES string of the molecule is NS(=O)(=O)c1ccc(NC(=S)N2CCN(Cc3c(Cl)cccc3Cl)CC2)cc1. The molecule has 10 heteroatoms. The number of thiocarbonyl (C=S) groups is 1. The van der Waals surface area contributed by atoms with Crippen LogP contribution in [0.3, 0.4) is 0 Å². The van der Waals surface area contributed by atoms with Crippen molar-refractivity contribution in [3.63, 3.8) is 0 Å². The molecule has 0 aromatic heterocycles. The van der Waals surface area contributed by atoms with E-state index in [4.69, 9.17) is 40.6 Å². The molecule has 0 amide bonds. The normalized spacial score (nSPS) is 15.5. The molecule has 1 aliphatic rings. The molecule has 0 saturated carbocycles. The number of hydrogen-bond acceptors (Lipinski definition) is 4. The molecule has 6 nitrogen and oxygen atoms in total. The van der Waals surface area contributed by atoms with Crippen molar-refractivity contribution in [3.8, 4) is 0 Å². The zero-order valence-corrected chi connectivity index (χ0v) is 18.1. The molecule has 0 bridgehead atoms. The molecule has 3 N–H and O–H groups in total. The van der Waals surface area contributed by atoms with E-state index >= 15 is 0 Å². The van der Waals surface area contributed by atoms with Crippen LogP contribution >= 0.6 is 35.4 Å². The number of halogens is 2. The van der Waals surface area contributed by atoms with Crippen molar-refractivity contribution < 1.29 is 8.42 Å². The Morgan fingerprint density at radius 3 is 2.14 bits per heavy atom. The highest BCUT2D eigenvalue weighted by molar-refractivity contribution is 7.89. The number of rotatable bonds is 4. The van der Waals surface area contributed by atoms with Gasteiger partial charge in [-0.05, 0) is 48.6 Å². The lowest BCUT2D eigenvalue weighted by Crippen LogP contribution is -2.49. The minimum atomic E-state index is -3.70. The molecule has 1 heterocycles. The van der Waals surface area contributed by atoms with Crippen LogP contribution in [0.15, 0.2) is 47.4 Å². The van der Waals surface area contributed by atoms with Crippen molar-refractivity contribution in [1.82, 2.24) is 9.80 Å². The summed E-state index contributed by atoms with van der Waals surface area (Å²) in [5.74, 6) is 0. The molecule has 0 radical (unpaired) electrons. The Bertz CT molecular complexity index is 940. The fourth-order valence-corrected chi connectivity index (χ4v) is 4.28. The fourth-order valence-electron chi connectivity index (χ4n) is 2.95. The lowest BCUT2D eigenvalue weighted by atomic mass is 10.2. The third-order valence-corrected chi connectivity index (χ3v) is 6.53. The molecule has 1 saturated heterocycles. The second-order valence-corrected chi connectivity index (χ2v) is 9.23. The van der Waals surface area contributed by atoms with Crippen molar-refractivity contribution in [3.05, 3.63) is 58.1 Å². The van der Waals surface area contributed by atoms with Gasteiger partial charge in [0.15, 0.2) is 5.11 Å². The number of nitrogens with two attached hydrogens (primary N) is 1. The predicted octanol–water partition coefficient (Wildman–Crippen LogP) is 3.16. The van der Waals surface area contributed by atoms with Crippen molar-refractivity contribution >= 4 is 56.2 Å². The number of nitrogens with one attached hydrogen (secondary N) is 1. The zero-order chi connectivity index (χ0) is 20.3. The Kier molecular flexibility index (Phi) is 6.80. The first-order chi connectivity index (χ1) is 13.2. The average molecular weight is 459 g/mol. The predicted molar refractivity (Wildman–Crippen MR) is 117 cm³/mol. The van der Waals surface area contributed by atoms with E-state index in [0.717, 1.165) is 31.7 Å². The van der Waals surface area contributed by atoms with E-state index < -0.39 is 10.0 Å². The van der Waals surface area contributed by atoms with Crippen LogP contribution in [0.5, 0.6) is 0 Å². The van der Waals surface area contributed by atoms with Crippen LogP contribution in [0.4, 0.5) is 5.69 Å². The minimum absolute atomic E-state index is 0.0656. The second-order valence-electron chi connectivity index (χ2n) is 6.46. The van der Waals surface area contributed by atoms with E-state index in [0.29, 0.717) is 27.4 Å². The summed E-state index contributed by atoms with van der Waals surface area (Å²) in [5.41, 5.74) is 1.65. The van der Waals surface area contributed by atoms with Gasteiger partial charge in [-0.3, -0.25) is 4.90 Å². The number of sulfonamides is 1. The van der Waals surface area contributed by atoms with Gasteiger partial charge in [0.2, 0.25) is 10.0 Å². The van der Waals surface area contributed by atoms with Crippen LogP contribution in [-0.2, 0) is 16.6 Å². The van der Waals surface area contributed by atoms with E-state index in [2.05, 4.69) is 15.1 Å². The van der Waals surface area contributed by atoms with Gasteiger partial charge in [-0.1, -0.05) is 29.3 Å². The highest BCUT2D eigenvalue weighted by Crippen LogP contribution is 2.26. The molecule has 2 aromatic rings.